The number of hydrogen-bond acceptors (Lipinski definition) is 3. The Hall–Kier alpha value is -2.55. The second-order valence-electron chi connectivity index (χ2n) is 4.54. The number of carbonyl (C=O) groups excluding carboxylic acids is 1. The average Bonchev–Trinajstić information content (AvgIpc) is 2.54. The molecular weight excluding hydrogens is 264 g/mol. The fraction of sp³-hybridized carbons (Fsp3) is 0.167. The normalized spacial score (nSPS) is 10.5. The van der Waals surface area contributed by atoms with Gasteiger partial charge in [-0.25, -0.2) is 4.79 Å². The van der Waals surface area contributed by atoms with Gasteiger partial charge in [-0.05, 0) is 35.8 Å². The monoisotopic (exact) mass is 282 g/mol. The van der Waals surface area contributed by atoms with Crippen molar-refractivity contribution in [3.8, 4) is 5.75 Å². The number of esters is 1. The highest BCUT2D eigenvalue weighted by atomic mass is 16.5. The lowest BCUT2D eigenvalue weighted by Crippen LogP contribution is -1.98. The summed E-state index contributed by atoms with van der Waals surface area (Å²) in [5, 5.41) is 0. The fourth-order valence-corrected chi connectivity index (χ4v) is 1.89. The smallest absolute Gasteiger partial charge is 0.330 e. The van der Waals surface area contributed by atoms with Gasteiger partial charge in [0.1, 0.15) is 12.4 Å². The van der Waals surface area contributed by atoms with Crippen LogP contribution in [0.4, 0.5) is 0 Å². The Morgan fingerprint density at radius 2 is 1.67 bits per heavy atom. The van der Waals surface area contributed by atoms with E-state index in [1.165, 1.54) is 24.3 Å². The predicted octanol–water partition coefficient (Wildman–Crippen LogP) is 3.39. The van der Waals surface area contributed by atoms with Crippen molar-refractivity contribution in [1.82, 2.24) is 0 Å². The predicted molar refractivity (Wildman–Crippen MR) is 82.3 cm³/mol. The van der Waals surface area contributed by atoms with Crippen molar-refractivity contribution in [3.63, 3.8) is 0 Å². The summed E-state index contributed by atoms with van der Waals surface area (Å²) >= 11 is 0. The number of rotatable bonds is 6. The molecule has 2 rings (SSSR count). The van der Waals surface area contributed by atoms with E-state index in [1.54, 1.807) is 6.08 Å². The van der Waals surface area contributed by atoms with Crippen LogP contribution in [0.2, 0.25) is 0 Å². The lowest BCUT2D eigenvalue weighted by molar-refractivity contribution is -0.134. The van der Waals surface area contributed by atoms with Crippen LogP contribution >= 0.6 is 0 Å². The van der Waals surface area contributed by atoms with Gasteiger partial charge in [-0.2, -0.15) is 0 Å². The summed E-state index contributed by atoms with van der Waals surface area (Å²) in [6, 6.07) is 18.3. The van der Waals surface area contributed by atoms with Gasteiger partial charge in [-0.15, -0.1) is 0 Å². The van der Waals surface area contributed by atoms with Crippen LogP contribution in [0.3, 0.4) is 0 Å². The van der Waals surface area contributed by atoms with E-state index in [9.17, 15) is 4.79 Å². The molecule has 2 aromatic rings. The van der Waals surface area contributed by atoms with Crippen LogP contribution < -0.4 is 4.74 Å². The van der Waals surface area contributed by atoms with Gasteiger partial charge in [0.15, 0.2) is 0 Å². The molecule has 0 heterocycles. The zero-order valence-corrected chi connectivity index (χ0v) is 12.0. The maximum absolute atomic E-state index is 10.9. The van der Waals surface area contributed by atoms with E-state index in [1.807, 2.05) is 42.5 Å². The van der Waals surface area contributed by atoms with Crippen molar-refractivity contribution < 1.29 is 14.3 Å². The molecule has 2 aromatic carbocycles. The second kappa shape index (κ2) is 7.90. The van der Waals surface area contributed by atoms with Crippen molar-refractivity contribution in [2.45, 2.75) is 6.42 Å². The molecule has 0 radical (unpaired) electrons. The quantitative estimate of drug-likeness (QED) is 0.602. The molecular formula is C18H18O3. The van der Waals surface area contributed by atoms with Crippen molar-refractivity contribution in [2.75, 3.05) is 13.7 Å². The van der Waals surface area contributed by atoms with Crippen molar-refractivity contribution >= 4 is 5.97 Å². The molecule has 3 nitrogen and oxygen atoms in total. The van der Waals surface area contributed by atoms with Gasteiger partial charge >= 0.3 is 5.97 Å². The highest BCUT2D eigenvalue weighted by Crippen LogP contribution is 2.15. The van der Waals surface area contributed by atoms with Gasteiger partial charge in [-0.1, -0.05) is 42.5 Å². The molecule has 3 heteroatoms. The Balaban J connectivity index is 1.85. The Bertz CT molecular complexity index is 586. The Morgan fingerprint density at radius 3 is 2.33 bits per heavy atom. The highest BCUT2D eigenvalue weighted by molar-refractivity contribution is 5.81. The molecule has 0 spiro atoms. The third kappa shape index (κ3) is 5.15. The topological polar surface area (TPSA) is 35.5 Å². The van der Waals surface area contributed by atoms with E-state index in [0.29, 0.717) is 6.61 Å². The summed E-state index contributed by atoms with van der Waals surface area (Å²) in [4.78, 5) is 10.9. The van der Waals surface area contributed by atoms with Gasteiger partial charge in [0.05, 0.1) is 7.11 Å². The number of hydrogen-bond donors (Lipinski definition) is 0. The number of benzene rings is 2. The van der Waals surface area contributed by atoms with E-state index >= 15 is 0 Å². The van der Waals surface area contributed by atoms with E-state index in [2.05, 4.69) is 16.9 Å². The maximum Gasteiger partial charge on any atom is 0.330 e. The number of methoxy groups -OCH3 is 1. The van der Waals surface area contributed by atoms with Crippen molar-refractivity contribution in [3.05, 3.63) is 77.9 Å². The summed E-state index contributed by atoms with van der Waals surface area (Å²) < 4.78 is 10.0. The van der Waals surface area contributed by atoms with Crippen LogP contribution in [-0.2, 0) is 16.0 Å². The van der Waals surface area contributed by atoms with Crippen LogP contribution in [0.25, 0.3) is 0 Å². The summed E-state index contributed by atoms with van der Waals surface area (Å²) in [5.41, 5.74) is 2.52. The van der Waals surface area contributed by atoms with E-state index in [-0.39, 0.29) is 5.97 Å². The molecule has 0 N–H and O–H groups in total. The molecule has 21 heavy (non-hydrogen) atoms. The van der Waals surface area contributed by atoms with Crippen LogP contribution in [0.5, 0.6) is 5.75 Å². The summed E-state index contributed by atoms with van der Waals surface area (Å²) in [6.07, 6.45) is 3.89. The summed E-state index contributed by atoms with van der Waals surface area (Å²) in [7, 11) is 1.35. The zero-order chi connectivity index (χ0) is 14.9. The maximum atomic E-state index is 10.9. The number of ether oxygens (including phenoxy) is 2. The molecule has 0 aliphatic carbocycles. The molecule has 0 saturated heterocycles. The standard InChI is InChI=1S/C18H18O3/c1-20-18(19)8-5-13-21-17-11-9-16(10-12-17)14-15-6-3-2-4-7-15/h2-12H,13-14H2,1H3. The molecule has 0 aliphatic rings. The molecule has 0 saturated carbocycles. The van der Waals surface area contributed by atoms with Crippen molar-refractivity contribution in [2.24, 2.45) is 0 Å². The van der Waals surface area contributed by atoms with Crippen LogP contribution in [-0.4, -0.2) is 19.7 Å². The van der Waals surface area contributed by atoms with Gasteiger partial charge in [0, 0.05) is 6.08 Å². The van der Waals surface area contributed by atoms with E-state index in [0.717, 1.165) is 12.2 Å². The third-order valence-corrected chi connectivity index (χ3v) is 2.98. The Kier molecular flexibility index (Phi) is 5.59. The summed E-state index contributed by atoms with van der Waals surface area (Å²) in [5.74, 6) is 0.401. The Morgan fingerprint density at radius 1 is 1.00 bits per heavy atom. The van der Waals surface area contributed by atoms with Crippen LogP contribution in [0.1, 0.15) is 11.1 Å². The Labute approximate surface area is 124 Å². The first kappa shape index (κ1) is 14.9. The first-order chi connectivity index (χ1) is 10.3. The summed E-state index contributed by atoms with van der Waals surface area (Å²) in [6.45, 7) is 0.340. The lowest BCUT2D eigenvalue weighted by Gasteiger charge is -2.05. The van der Waals surface area contributed by atoms with Gasteiger partial charge in [0.2, 0.25) is 0 Å². The van der Waals surface area contributed by atoms with Gasteiger partial charge < -0.3 is 9.47 Å². The molecule has 108 valence electrons. The molecule has 0 fully saturated rings. The molecule has 0 aliphatic heterocycles. The fourth-order valence-electron chi connectivity index (χ4n) is 1.89. The second-order valence-corrected chi connectivity index (χ2v) is 4.54. The first-order valence-electron chi connectivity index (χ1n) is 6.78. The highest BCUT2D eigenvalue weighted by Gasteiger charge is 1.97. The van der Waals surface area contributed by atoms with E-state index < -0.39 is 0 Å². The van der Waals surface area contributed by atoms with Gasteiger partial charge in [-0.3, -0.25) is 0 Å². The van der Waals surface area contributed by atoms with E-state index in [4.69, 9.17) is 4.74 Å². The molecule has 0 atom stereocenters. The third-order valence-electron chi connectivity index (χ3n) is 2.98. The largest absolute Gasteiger partial charge is 0.490 e. The molecule has 0 aromatic heterocycles. The van der Waals surface area contributed by atoms with Crippen LogP contribution in [0, 0.1) is 0 Å². The number of carbonyl (C=O) groups is 1. The SMILES string of the molecule is COC(=O)C=CCOc1ccc(Cc2ccccc2)cc1. The molecule has 0 amide bonds. The minimum atomic E-state index is -0.378. The molecule has 0 bridgehead atoms. The average molecular weight is 282 g/mol. The lowest BCUT2D eigenvalue weighted by atomic mass is 10.1. The minimum absolute atomic E-state index is 0.340. The van der Waals surface area contributed by atoms with Gasteiger partial charge in [0.25, 0.3) is 0 Å². The van der Waals surface area contributed by atoms with Crippen molar-refractivity contribution in [1.29, 1.82) is 0 Å². The minimum Gasteiger partial charge on any atom is -0.490 e. The molecule has 0 unspecified atom stereocenters. The zero-order valence-electron chi connectivity index (χ0n) is 12.0. The van der Waals surface area contributed by atoms with Crippen LogP contribution in [0.15, 0.2) is 66.7 Å². The first-order valence-corrected chi connectivity index (χ1v) is 6.78.